The first-order valence-corrected chi connectivity index (χ1v) is 8.21. The van der Waals surface area contributed by atoms with Crippen LogP contribution in [-0.2, 0) is 4.74 Å². The zero-order chi connectivity index (χ0) is 12.4. The molecule has 2 unspecified atom stereocenters. The van der Waals surface area contributed by atoms with E-state index in [0.29, 0.717) is 11.7 Å². The molecule has 1 aliphatic heterocycles. The quantitative estimate of drug-likeness (QED) is 0.778. The largest absolute Gasteiger partial charge is 0.372 e. The van der Waals surface area contributed by atoms with E-state index in [9.17, 15) is 0 Å². The molecule has 0 aromatic heterocycles. The first-order chi connectivity index (χ1) is 8.80. The van der Waals surface area contributed by atoms with Crippen molar-refractivity contribution < 1.29 is 4.74 Å². The minimum absolute atomic E-state index is 0.326. The van der Waals surface area contributed by atoms with Crippen LogP contribution in [0.2, 0.25) is 0 Å². The highest BCUT2D eigenvalue weighted by Gasteiger charge is 2.42. The van der Waals surface area contributed by atoms with Gasteiger partial charge < -0.3 is 10.1 Å². The summed E-state index contributed by atoms with van der Waals surface area (Å²) in [7, 11) is 0. The molecule has 1 spiro atoms. The molecule has 2 saturated carbocycles. The van der Waals surface area contributed by atoms with E-state index < -0.39 is 0 Å². The Morgan fingerprint density at radius 3 is 2.61 bits per heavy atom. The Morgan fingerprint density at radius 2 is 1.94 bits per heavy atom. The third kappa shape index (κ3) is 3.08. The van der Waals surface area contributed by atoms with Crippen molar-refractivity contribution in [3.05, 3.63) is 0 Å². The fourth-order valence-electron chi connectivity index (χ4n) is 3.84. The Balaban J connectivity index is 1.43. The fraction of sp³-hybridized carbons (Fsp3) is 1.00. The molecule has 2 aliphatic carbocycles. The molecule has 2 atom stereocenters. The van der Waals surface area contributed by atoms with Crippen molar-refractivity contribution in [3.8, 4) is 0 Å². The summed E-state index contributed by atoms with van der Waals surface area (Å²) in [5.41, 5.74) is 0.326. The van der Waals surface area contributed by atoms with Crippen LogP contribution < -0.4 is 5.32 Å². The van der Waals surface area contributed by atoms with Gasteiger partial charge in [-0.25, -0.2) is 0 Å². The van der Waals surface area contributed by atoms with Crippen molar-refractivity contribution in [2.45, 2.75) is 88.9 Å². The molecule has 0 radical (unpaired) electrons. The molecule has 0 amide bonds. The maximum Gasteiger partial charge on any atom is 0.0687 e. The Morgan fingerprint density at radius 1 is 1.17 bits per heavy atom. The molecule has 3 rings (SSSR count). The summed E-state index contributed by atoms with van der Waals surface area (Å²) in [5.74, 6) is 0.826. The van der Waals surface area contributed by atoms with E-state index in [4.69, 9.17) is 4.74 Å². The van der Waals surface area contributed by atoms with Gasteiger partial charge in [-0.05, 0) is 57.4 Å². The second-order valence-corrected chi connectivity index (χ2v) is 6.86. The highest BCUT2D eigenvalue weighted by Crippen LogP contribution is 2.44. The first-order valence-electron chi connectivity index (χ1n) is 8.21. The molecule has 3 fully saturated rings. The van der Waals surface area contributed by atoms with Crippen LogP contribution in [-0.4, -0.2) is 24.3 Å². The molecule has 0 aromatic carbocycles. The minimum Gasteiger partial charge on any atom is -0.372 e. The molecular formula is C16H29NO. The predicted octanol–water partition coefficient (Wildman–Crippen LogP) is 3.65. The molecule has 2 nitrogen and oxygen atoms in total. The summed E-state index contributed by atoms with van der Waals surface area (Å²) in [5, 5.41) is 3.69. The molecule has 3 aliphatic rings. The topological polar surface area (TPSA) is 21.3 Å². The fourth-order valence-corrected chi connectivity index (χ4v) is 3.84. The summed E-state index contributed by atoms with van der Waals surface area (Å²) in [6, 6.07) is 0.852. The molecule has 0 aromatic rings. The van der Waals surface area contributed by atoms with Crippen LogP contribution in [0.4, 0.5) is 0 Å². The maximum atomic E-state index is 6.44. The lowest BCUT2D eigenvalue weighted by Gasteiger charge is -2.25. The lowest BCUT2D eigenvalue weighted by Crippen LogP contribution is -2.29. The Hall–Kier alpha value is -0.0800. The van der Waals surface area contributed by atoms with Gasteiger partial charge in [0.1, 0.15) is 0 Å². The highest BCUT2D eigenvalue weighted by atomic mass is 16.5. The van der Waals surface area contributed by atoms with Crippen molar-refractivity contribution in [1.29, 1.82) is 0 Å². The van der Waals surface area contributed by atoms with Gasteiger partial charge in [-0.15, -0.1) is 0 Å². The van der Waals surface area contributed by atoms with Crippen molar-refractivity contribution >= 4 is 0 Å². The van der Waals surface area contributed by atoms with Crippen LogP contribution >= 0.6 is 0 Å². The average molecular weight is 251 g/mol. The predicted molar refractivity (Wildman–Crippen MR) is 74.7 cm³/mol. The number of ether oxygens (including phenoxy) is 1. The number of nitrogens with one attached hydrogen (secondary N) is 1. The van der Waals surface area contributed by atoms with Crippen molar-refractivity contribution in [2.75, 3.05) is 6.54 Å². The second kappa shape index (κ2) is 5.50. The molecule has 1 saturated heterocycles. The van der Waals surface area contributed by atoms with Crippen molar-refractivity contribution in [1.82, 2.24) is 5.32 Å². The van der Waals surface area contributed by atoms with Gasteiger partial charge in [0.2, 0.25) is 0 Å². The Labute approximate surface area is 112 Å². The Kier molecular flexibility index (Phi) is 3.95. The van der Waals surface area contributed by atoms with E-state index in [-0.39, 0.29) is 0 Å². The van der Waals surface area contributed by atoms with E-state index in [1.807, 2.05) is 0 Å². The lowest BCUT2D eigenvalue weighted by atomic mass is 9.95. The third-order valence-corrected chi connectivity index (χ3v) is 5.30. The van der Waals surface area contributed by atoms with Crippen LogP contribution in [0.1, 0.15) is 71.1 Å². The van der Waals surface area contributed by atoms with E-state index in [1.165, 1.54) is 70.8 Å². The zero-order valence-corrected chi connectivity index (χ0v) is 11.9. The average Bonchev–Trinajstić information content (AvgIpc) is 2.98. The maximum absolute atomic E-state index is 6.44. The van der Waals surface area contributed by atoms with Gasteiger partial charge in [-0.1, -0.05) is 26.2 Å². The highest BCUT2D eigenvalue weighted by molar-refractivity contribution is 4.93. The number of hydrogen-bond donors (Lipinski definition) is 1. The molecule has 0 bridgehead atoms. The Bertz CT molecular complexity index is 268. The summed E-state index contributed by atoms with van der Waals surface area (Å²) < 4.78 is 6.44. The standard InChI is InChI=1S/C16H29NO/c1-2-13(12-17-14-5-6-14)11-15-7-10-16(18-15)8-3-4-9-16/h13-15,17H,2-12H2,1H3. The molecule has 104 valence electrons. The first kappa shape index (κ1) is 12.9. The van der Waals surface area contributed by atoms with Gasteiger partial charge in [-0.3, -0.25) is 0 Å². The number of hydrogen-bond acceptors (Lipinski definition) is 2. The van der Waals surface area contributed by atoms with Crippen molar-refractivity contribution in [3.63, 3.8) is 0 Å². The summed E-state index contributed by atoms with van der Waals surface area (Å²) in [6.07, 6.45) is 14.1. The van der Waals surface area contributed by atoms with Crippen molar-refractivity contribution in [2.24, 2.45) is 5.92 Å². The second-order valence-electron chi connectivity index (χ2n) is 6.86. The summed E-state index contributed by atoms with van der Waals surface area (Å²) >= 11 is 0. The molecular weight excluding hydrogens is 222 g/mol. The molecule has 2 heteroatoms. The van der Waals surface area contributed by atoms with Gasteiger partial charge in [0.05, 0.1) is 11.7 Å². The van der Waals surface area contributed by atoms with E-state index in [0.717, 1.165) is 12.0 Å². The van der Waals surface area contributed by atoms with Crippen LogP contribution in [0, 0.1) is 5.92 Å². The van der Waals surface area contributed by atoms with E-state index in [2.05, 4.69) is 12.2 Å². The molecule has 18 heavy (non-hydrogen) atoms. The smallest absolute Gasteiger partial charge is 0.0687 e. The molecule has 1 heterocycles. The summed E-state index contributed by atoms with van der Waals surface area (Å²) in [4.78, 5) is 0. The SMILES string of the molecule is CCC(CNC1CC1)CC1CCC2(CCCC2)O1. The van der Waals surface area contributed by atoms with Crippen LogP contribution in [0.5, 0.6) is 0 Å². The third-order valence-electron chi connectivity index (χ3n) is 5.30. The van der Waals surface area contributed by atoms with E-state index in [1.54, 1.807) is 0 Å². The van der Waals surface area contributed by atoms with Gasteiger partial charge in [0.25, 0.3) is 0 Å². The number of rotatable bonds is 6. The van der Waals surface area contributed by atoms with Crippen LogP contribution in [0.3, 0.4) is 0 Å². The normalized spacial score (nSPS) is 32.2. The van der Waals surface area contributed by atoms with Gasteiger partial charge in [0, 0.05) is 6.04 Å². The van der Waals surface area contributed by atoms with Gasteiger partial charge in [0.15, 0.2) is 0 Å². The van der Waals surface area contributed by atoms with Gasteiger partial charge >= 0.3 is 0 Å². The van der Waals surface area contributed by atoms with Crippen LogP contribution in [0.15, 0.2) is 0 Å². The minimum atomic E-state index is 0.326. The molecule has 1 N–H and O–H groups in total. The van der Waals surface area contributed by atoms with Crippen LogP contribution in [0.25, 0.3) is 0 Å². The van der Waals surface area contributed by atoms with Gasteiger partial charge in [-0.2, -0.15) is 0 Å². The van der Waals surface area contributed by atoms with E-state index >= 15 is 0 Å². The summed E-state index contributed by atoms with van der Waals surface area (Å²) in [6.45, 7) is 3.55. The lowest BCUT2D eigenvalue weighted by molar-refractivity contribution is -0.0443. The monoisotopic (exact) mass is 251 g/mol. The zero-order valence-electron chi connectivity index (χ0n) is 11.9.